The second-order valence-electron chi connectivity index (χ2n) is 3.61. The van der Waals surface area contributed by atoms with E-state index in [1.165, 1.54) is 0 Å². The van der Waals surface area contributed by atoms with E-state index in [0.29, 0.717) is 25.0 Å². The van der Waals surface area contributed by atoms with Gasteiger partial charge < -0.3 is 4.74 Å². The number of nitriles is 1. The highest BCUT2D eigenvalue weighted by Gasteiger charge is 2.04. The predicted molar refractivity (Wildman–Crippen MR) is 68.7 cm³/mol. The van der Waals surface area contributed by atoms with Gasteiger partial charge in [-0.15, -0.1) is 0 Å². The quantitative estimate of drug-likeness (QED) is 0.462. The van der Waals surface area contributed by atoms with E-state index in [0.717, 1.165) is 12.0 Å². The molecule has 3 heteroatoms. The van der Waals surface area contributed by atoms with Crippen LogP contribution in [0.15, 0.2) is 24.3 Å². The van der Waals surface area contributed by atoms with Crippen molar-refractivity contribution in [2.24, 2.45) is 0 Å². The Morgan fingerprint density at radius 1 is 1.28 bits per heavy atom. The molecule has 0 aliphatic carbocycles. The van der Waals surface area contributed by atoms with E-state index in [1.807, 2.05) is 0 Å². The Morgan fingerprint density at radius 2 is 2.00 bits per heavy atom. The van der Waals surface area contributed by atoms with Crippen molar-refractivity contribution >= 4 is 5.97 Å². The first-order valence-electron chi connectivity index (χ1n) is 5.91. The molecular formula is C15H15NO2. The number of nitrogens with zero attached hydrogens (tertiary/aromatic N) is 1. The average molecular weight is 241 g/mol. The molecule has 0 N–H and O–H groups in total. The Bertz CT molecular complexity index is 486. The maximum absolute atomic E-state index is 11.4. The van der Waals surface area contributed by atoms with Crippen molar-refractivity contribution < 1.29 is 9.53 Å². The topological polar surface area (TPSA) is 50.1 Å². The molecule has 1 rings (SSSR count). The highest BCUT2D eigenvalue weighted by atomic mass is 16.5. The van der Waals surface area contributed by atoms with Gasteiger partial charge >= 0.3 is 5.97 Å². The van der Waals surface area contributed by atoms with E-state index in [2.05, 4.69) is 17.9 Å². The summed E-state index contributed by atoms with van der Waals surface area (Å²) in [6.07, 6.45) is 2.05. The lowest BCUT2D eigenvalue weighted by Crippen LogP contribution is -2.04. The summed E-state index contributed by atoms with van der Waals surface area (Å²) in [7, 11) is 0. The smallest absolute Gasteiger partial charge is 0.338 e. The monoisotopic (exact) mass is 241 g/mol. The summed E-state index contributed by atoms with van der Waals surface area (Å²) in [5.41, 5.74) is 1.40. The van der Waals surface area contributed by atoms with Gasteiger partial charge in [0, 0.05) is 18.4 Å². The molecule has 1 aromatic carbocycles. The molecule has 0 fully saturated rings. The molecule has 0 saturated heterocycles. The predicted octanol–water partition coefficient (Wildman–Crippen LogP) is 2.91. The third-order valence-electron chi connectivity index (χ3n) is 2.22. The highest BCUT2D eigenvalue weighted by molar-refractivity contribution is 5.89. The molecule has 0 unspecified atom stereocenters. The number of rotatable bonds is 4. The van der Waals surface area contributed by atoms with Crippen molar-refractivity contribution in [3.05, 3.63) is 35.4 Å². The van der Waals surface area contributed by atoms with E-state index < -0.39 is 0 Å². The van der Waals surface area contributed by atoms with Crippen LogP contribution in [-0.4, -0.2) is 12.6 Å². The minimum Gasteiger partial charge on any atom is -0.462 e. The molecule has 0 spiro atoms. The largest absolute Gasteiger partial charge is 0.462 e. The van der Waals surface area contributed by atoms with Crippen molar-refractivity contribution in [3.63, 3.8) is 0 Å². The number of ether oxygens (including phenoxy) is 1. The van der Waals surface area contributed by atoms with Gasteiger partial charge in [0.15, 0.2) is 0 Å². The molecule has 0 saturated carbocycles. The van der Waals surface area contributed by atoms with Gasteiger partial charge in [0.05, 0.1) is 18.2 Å². The van der Waals surface area contributed by atoms with Crippen molar-refractivity contribution in [2.75, 3.05) is 6.61 Å². The van der Waals surface area contributed by atoms with E-state index in [9.17, 15) is 4.79 Å². The molecule has 92 valence electrons. The highest BCUT2D eigenvalue weighted by Crippen LogP contribution is 2.05. The van der Waals surface area contributed by atoms with E-state index in [1.54, 1.807) is 31.2 Å². The third-order valence-corrected chi connectivity index (χ3v) is 2.22. The summed E-state index contributed by atoms with van der Waals surface area (Å²) in [6, 6.07) is 9.08. The Labute approximate surface area is 107 Å². The molecule has 0 radical (unpaired) electrons. The van der Waals surface area contributed by atoms with Crippen LogP contribution in [0.25, 0.3) is 0 Å². The number of benzene rings is 1. The summed E-state index contributed by atoms with van der Waals surface area (Å²) in [5.74, 6) is 5.67. The van der Waals surface area contributed by atoms with Crippen LogP contribution in [0, 0.1) is 23.2 Å². The number of hydrogen-bond donors (Lipinski definition) is 0. The van der Waals surface area contributed by atoms with Crippen LogP contribution in [0.2, 0.25) is 0 Å². The van der Waals surface area contributed by atoms with Crippen LogP contribution in [0.3, 0.4) is 0 Å². The molecule has 0 atom stereocenters. The number of unbranched alkanes of at least 4 members (excludes halogenated alkanes) is 2. The molecule has 0 aliphatic rings. The lowest BCUT2D eigenvalue weighted by Gasteiger charge is -2.00. The van der Waals surface area contributed by atoms with Gasteiger partial charge in [-0.1, -0.05) is 11.8 Å². The number of esters is 1. The first-order valence-corrected chi connectivity index (χ1v) is 5.91. The van der Waals surface area contributed by atoms with Crippen molar-refractivity contribution in [3.8, 4) is 17.9 Å². The van der Waals surface area contributed by atoms with Gasteiger partial charge in [0.2, 0.25) is 0 Å². The molecule has 0 aromatic heterocycles. The Morgan fingerprint density at radius 3 is 2.61 bits per heavy atom. The number of hydrogen-bond acceptors (Lipinski definition) is 3. The van der Waals surface area contributed by atoms with Gasteiger partial charge in [0.1, 0.15) is 0 Å². The maximum Gasteiger partial charge on any atom is 0.338 e. The second kappa shape index (κ2) is 7.92. The maximum atomic E-state index is 11.4. The third kappa shape index (κ3) is 4.72. The fourth-order valence-corrected chi connectivity index (χ4v) is 1.32. The van der Waals surface area contributed by atoms with Crippen LogP contribution in [-0.2, 0) is 4.74 Å². The van der Waals surface area contributed by atoms with Crippen LogP contribution in [0.1, 0.15) is 42.1 Å². The zero-order chi connectivity index (χ0) is 13.2. The first-order chi connectivity index (χ1) is 8.77. The molecule has 18 heavy (non-hydrogen) atoms. The molecular weight excluding hydrogens is 226 g/mol. The summed E-state index contributed by atoms with van der Waals surface area (Å²) >= 11 is 0. The molecule has 0 heterocycles. The van der Waals surface area contributed by atoms with Gasteiger partial charge in [-0.25, -0.2) is 4.79 Å². The zero-order valence-corrected chi connectivity index (χ0v) is 10.4. The molecule has 1 aromatic rings. The number of carbonyl (C=O) groups is 1. The fourth-order valence-electron chi connectivity index (χ4n) is 1.32. The number of carbonyl (C=O) groups excluding carboxylic acids is 1. The van der Waals surface area contributed by atoms with E-state index >= 15 is 0 Å². The standard InChI is InChI=1S/C15H15NO2/c1-2-18-15(17)14-10-8-13(9-11-14)7-5-3-4-6-12-16/h8-11H,2-4,6H2,1H3. The lowest BCUT2D eigenvalue weighted by atomic mass is 10.1. The Kier molecular flexibility index (Phi) is 6.08. The SMILES string of the molecule is CCOC(=O)c1ccc(C#CCCCC#N)cc1. The minimum atomic E-state index is -0.314. The first kappa shape index (κ1) is 13.8. The summed E-state index contributed by atoms with van der Waals surface area (Å²) in [5, 5.41) is 8.37. The lowest BCUT2D eigenvalue weighted by molar-refractivity contribution is 0.0526. The van der Waals surface area contributed by atoms with Gasteiger partial charge in [-0.3, -0.25) is 0 Å². The van der Waals surface area contributed by atoms with E-state index in [4.69, 9.17) is 10.00 Å². The van der Waals surface area contributed by atoms with E-state index in [-0.39, 0.29) is 5.97 Å². The van der Waals surface area contributed by atoms with Crippen LogP contribution >= 0.6 is 0 Å². The minimum absolute atomic E-state index is 0.314. The van der Waals surface area contributed by atoms with Gasteiger partial charge in [-0.05, 0) is 37.6 Å². The molecule has 0 aliphatic heterocycles. The zero-order valence-electron chi connectivity index (χ0n) is 10.4. The second-order valence-corrected chi connectivity index (χ2v) is 3.61. The summed E-state index contributed by atoms with van der Waals surface area (Å²) < 4.78 is 4.89. The molecule has 3 nitrogen and oxygen atoms in total. The van der Waals surface area contributed by atoms with Crippen LogP contribution in [0.4, 0.5) is 0 Å². The van der Waals surface area contributed by atoms with Crippen molar-refractivity contribution in [2.45, 2.75) is 26.2 Å². The van der Waals surface area contributed by atoms with Crippen molar-refractivity contribution in [1.29, 1.82) is 5.26 Å². The Balaban J connectivity index is 2.55. The summed E-state index contributed by atoms with van der Waals surface area (Å²) in [6.45, 7) is 2.15. The molecule has 0 amide bonds. The van der Waals surface area contributed by atoms with Crippen LogP contribution in [0.5, 0.6) is 0 Å². The normalized spacial score (nSPS) is 8.89. The Hall–Kier alpha value is -2.26. The molecule has 0 bridgehead atoms. The van der Waals surface area contributed by atoms with Crippen LogP contribution < -0.4 is 0 Å². The van der Waals surface area contributed by atoms with Gasteiger partial charge in [-0.2, -0.15) is 5.26 Å². The fraction of sp³-hybridized carbons (Fsp3) is 0.333. The average Bonchev–Trinajstić information content (AvgIpc) is 2.39. The van der Waals surface area contributed by atoms with Crippen molar-refractivity contribution in [1.82, 2.24) is 0 Å². The van der Waals surface area contributed by atoms with Gasteiger partial charge in [0.25, 0.3) is 0 Å². The summed E-state index contributed by atoms with van der Waals surface area (Å²) in [4.78, 5) is 11.4.